The van der Waals surface area contributed by atoms with Crippen LogP contribution >= 0.6 is 59.0 Å². The molecule has 2 nitrogen and oxygen atoms in total. The monoisotopic (exact) mass is 386 g/mol. The van der Waals surface area contributed by atoms with E-state index in [1.54, 1.807) is 24.3 Å². The Kier molecular flexibility index (Phi) is 5.50. The van der Waals surface area contributed by atoms with Gasteiger partial charge >= 0.3 is 0 Å². The predicted octanol–water partition coefficient (Wildman–Crippen LogP) is 6.17. The molecule has 22 heavy (non-hydrogen) atoms. The van der Waals surface area contributed by atoms with Gasteiger partial charge in [-0.25, -0.2) is 0 Å². The minimum absolute atomic E-state index is 0.115. The number of nitriles is 2. The fourth-order valence-corrected chi connectivity index (χ4v) is 3.55. The number of alkyl halides is 2. The molecule has 0 fully saturated rings. The summed E-state index contributed by atoms with van der Waals surface area (Å²) >= 11 is 28.6. The van der Waals surface area contributed by atoms with Gasteiger partial charge in [-0.15, -0.1) is 12.6 Å². The van der Waals surface area contributed by atoms with E-state index >= 15 is 0 Å². The lowest BCUT2D eigenvalue weighted by molar-refractivity contribution is 1.27. The number of hydrogen-bond acceptors (Lipinski definition) is 3. The third kappa shape index (κ3) is 3.01. The molecule has 0 bridgehead atoms. The average molecular weight is 388 g/mol. The van der Waals surface area contributed by atoms with E-state index in [9.17, 15) is 5.26 Å². The fraction of sp³-hybridized carbons (Fsp3) is 0.0667. The molecule has 0 atom stereocenters. The van der Waals surface area contributed by atoms with Crippen molar-refractivity contribution in [3.63, 3.8) is 0 Å². The number of thiol groups is 1. The quantitative estimate of drug-likeness (QED) is 0.494. The molecule has 0 spiro atoms. The lowest BCUT2D eigenvalue weighted by Crippen LogP contribution is -1.97. The average Bonchev–Trinajstić information content (AvgIpc) is 2.46. The number of nitrogens with zero attached hydrogens (tertiary/aromatic N) is 2. The van der Waals surface area contributed by atoms with Crippen LogP contribution in [0.5, 0.6) is 0 Å². The van der Waals surface area contributed by atoms with Crippen molar-refractivity contribution >= 4 is 59.0 Å². The zero-order valence-electron chi connectivity index (χ0n) is 10.7. The van der Waals surface area contributed by atoms with Crippen LogP contribution in [-0.4, -0.2) is 0 Å². The summed E-state index contributed by atoms with van der Waals surface area (Å²) in [5, 5.41) is 18.9. The zero-order valence-corrected chi connectivity index (χ0v) is 14.7. The van der Waals surface area contributed by atoms with Crippen LogP contribution in [0.25, 0.3) is 11.1 Å². The molecule has 0 aliphatic carbocycles. The standard InChI is InChI=1S/C15H6Cl4N2S/c16-11-3-1-2-7(9(11)5-20)8-4-12(22)10(6-21)14(17)13(8)15(18)19/h1-4,15,22H. The summed E-state index contributed by atoms with van der Waals surface area (Å²) in [5.74, 6) is 0. The Morgan fingerprint density at radius 2 is 1.64 bits per heavy atom. The van der Waals surface area contributed by atoms with Crippen LogP contribution in [0, 0.1) is 22.7 Å². The highest BCUT2D eigenvalue weighted by molar-refractivity contribution is 7.80. The van der Waals surface area contributed by atoms with Crippen LogP contribution in [0.4, 0.5) is 0 Å². The Hall–Kier alpha value is -1.07. The molecule has 0 radical (unpaired) electrons. The van der Waals surface area contributed by atoms with E-state index in [1.165, 1.54) is 0 Å². The van der Waals surface area contributed by atoms with Crippen molar-refractivity contribution in [1.29, 1.82) is 10.5 Å². The van der Waals surface area contributed by atoms with Gasteiger partial charge in [0.1, 0.15) is 17.0 Å². The van der Waals surface area contributed by atoms with Crippen molar-refractivity contribution in [2.45, 2.75) is 9.73 Å². The Morgan fingerprint density at radius 1 is 1.00 bits per heavy atom. The SMILES string of the molecule is N#Cc1c(Cl)cccc1-c1cc(S)c(C#N)c(Cl)c1C(Cl)Cl. The third-order valence-corrected chi connectivity index (χ3v) is 4.53. The van der Waals surface area contributed by atoms with Gasteiger partial charge in [-0.3, -0.25) is 0 Å². The minimum atomic E-state index is -0.978. The van der Waals surface area contributed by atoms with Crippen molar-refractivity contribution in [1.82, 2.24) is 0 Å². The van der Waals surface area contributed by atoms with Gasteiger partial charge in [-0.2, -0.15) is 10.5 Å². The summed E-state index contributed by atoms with van der Waals surface area (Å²) in [5.41, 5.74) is 1.84. The number of benzene rings is 2. The maximum atomic E-state index is 9.32. The van der Waals surface area contributed by atoms with E-state index in [1.807, 2.05) is 12.1 Å². The van der Waals surface area contributed by atoms with Crippen LogP contribution in [-0.2, 0) is 0 Å². The molecule has 0 heterocycles. The maximum absolute atomic E-state index is 9.32. The van der Waals surface area contributed by atoms with E-state index in [0.717, 1.165) is 0 Å². The number of hydrogen-bond donors (Lipinski definition) is 1. The molecular formula is C15H6Cl4N2S. The summed E-state index contributed by atoms with van der Waals surface area (Å²) in [6, 6.07) is 10.6. The number of rotatable bonds is 2. The molecule has 0 amide bonds. The maximum Gasteiger partial charge on any atom is 0.134 e. The first-order valence-corrected chi connectivity index (χ1v) is 7.92. The van der Waals surface area contributed by atoms with Gasteiger partial charge in [0.15, 0.2) is 0 Å². The second kappa shape index (κ2) is 7.01. The van der Waals surface area contributed by atoms with E-state index < -0.39 is 4.84 Å². The number of halogens is 4. The van der Waals surface area contributed by atoms with Gasteiger partial charge < -0.3 is 0 Å². The Morgan fingerprint density at radius 3 is 2.18 bits per heavy atom. The van der Waals surface area contributed by atoms with Gasteiger partial charge in [-0.1, -0.05) is 58.5 Å². The molecule has 0 N–H and O–H groups in total. The summed E-state index contributed by atoms with van der Waals surface area (Å²) in [6.07, 6.45) is 0. The highest BCUT2D eigenvalue weighted by atomic mass is 35.5. The molecule has 0 saturated heterocycles. The molecule has 0 aliphatic heterocycles. The lowest BCUT2D eigenvalue weighted by atomic mass is 9.94. The predicted molar refractivity (Wildman–Crippen MR) is 93.0 cm³/mol. The summed E-state index contributed by atoms with van der Waals surface area (Å²) in [4.78, 5) is -0.613. The third-order valence-electron chi connectivity index (χ3n) is 3.03. The molecular weight excluding hydrogens is 382 g/mol. The van der Waals surface area contributed by atoms with Crippen molar-refractivity contribution in [2.24, 2.45) is 0 Å². The smallest absolute Gasteiger partial charge is 0.134 e. The first-order chi connectivity index (χ1) is 10.4. The van der Waals surface area contributed by atoms with Crippen LogP contribution in [0.15, 0.2) is 29.2 Å². The van der Waals surface area contributed by atoms with Gasteiger partial charge in [0.25, 0.3) is 0 Å². The summed E-state index contributed by atoms with van der Waals surface area (Å²) < 4.78 is 0. The molecule has 110 valence electrons. The second-order valence-corrected chi connectivity index (χ2v) is 6.60. The highest BCUT2D eigenvalue weighted by Gasteiger charge is 2.23. The van der Waals surface area contributed by atoms with Gasteiger partial charge in [-0.05, 0) is 17.7 Å². The molecule has 0 aliphatic rings. The molecule has 7 heteroatoms. The Balaban J connectivity index is 2.92. The van der Waals surface area contributed by atoms with Crippen LogP contribution in [0.1, 0.15) is 21.5 Å². The fourth-order valence-electron chi connectivity index (χ4n) is 2.06. The molecule has 0 aromatic heterocycles. The molecule has 2 rings (SSSR count). The van der Waals surface area contributed by atoms with Gasteiger partial charge in [0.2, 0.25) is 0 Å². The largest absolute Gasteiger partial charge is 0.192 e. The highest BCUT2D eigenvalue weighted by Crippen LogP contribution is 2.44. The Bertz CT molecular complexity index is 835. The van der Waals surface area contributed by atoms with E-state index in [0.29, 0.717) is 26.6 Å². The topological polar surface area (TPSA) is 47.6 Å². The molecule has 2 aromatic carbocycles. The van der Waals surface area contributed by atoms with Crippen LogP contribution in [0.3, 0.4) is 0 Å². The zero-order chi connectivity index (χ0) is 16.4. The summed E-state index contributed by atoms with van der Waals surface area (Å²) in [7, 11) is 0. The normalized spacial score (nSPS) is 10.4. The minimum Gasteiger partial charge on any atom is -0.192 e. The van der Waals surface area contributed by atoms with E-state index in [2.05, 4.69) is 12.6 Å². The van der Waals surface area contributed by atoms with Crippen LogP contribution in [0.2, 0.25) is 10.0 Å². The van der Waals surface area contributed by atoms with Crippen molar-refractivity contribution in [2.75, 3.05) is 0 Å². The van der Waals surface area contributed by atoms with Gasteiger partial charge in [0.05, 0.1) is 21.2 Å². The molecule has 0 saturated carbocycles. The summed E-state index contributed by atoms with van der Waals surface area (Å²) in [6.45, 7) is 0. The Labute approximate surface area is 153 Å². The van der Waals surface area contributed by atoms with E-state index in [4.69, 9.17) is 51.7 Å². The van der Waals surface area contributed by atoms with Crippen molar-refractivity contribution in [3.8, 4) is 23.3 Å². The lowest BCUT2D eigenvalue weighted by Gasteiger charge is -2.16. The van der Waals surface area contributed by atoms with Crippen LogP contribution < -0.4 is 0 Å². The first-order valence-electron chi connectivity index (χ1n) is 5.85. The van der Waals surface area contributed by atoms with Crippen molar-refractivity contribution in [3.05, 3.63) is 51.0 Å². The van der Waals surface area contributed by atoms with Gasteiger partial charge in [0, 0.05) is 16.0 Å². The van der Waals surface area contributed by atoms with E-state index in [-0.39, 0.29) is 16.1 Å². The molecule has 2 aromatic rings. The molecule has 0 unspecified atom stereocenters. The van der Waals surface area contributed by atoms with Crippen molar-refractivity contribution < 1.29 is 0 Å². The second-order valence-electron chi connectivity index (χ2n) is 4.23. The first kappa shape index (κ1) is 17.3.